The first-order valence-electron chi connectivity index (χ1n) is 7.11. The van der Waals surface area contributed by atoms with E-state index in [2.05, 4.69) is 5.32 Å². The Morgan fingerprint density at radius 1 is 1.46 bits per heavy atom. The molecule has 1 aromatic rings. The SMILES string of the molecule is COCC(NC(=O)C1CC(=O)N(c2ccc(F)cc2F)C1)C(=O)O. The topological polar surface area (TPSA) is 95.9 Å². The fraction of sp³-hybridized carbons (Fsp3) is 0.400. The number of amides is 2. The van der Waals surface area contributed by atoms with Crippen LogP contribution in [0, 0.1) is 17.6 Å². The molecule has 9 heteroatoms. The number of benzene rings is 1. The predicted molar refractivity (Wildman–Crippen MR) is 78.3 cm³/mol. The van der Waals surface area contributed by atoms with Crippen molar-refractivity contribution in [3.63, 3.8) is 0 Å². The number of anilines is 1. The van der Waals surface area contributed by atoms with Gasteiger partial charge in [0.25, 0.3) is 0 Å². The summed E-state index contributed by atoms with van der Waals surface area (Å²) in [5.74, 6) is -4.93. The molecule has 0 aromatic heterocycles. The maximum Gasteiger partial charge on any atom is 0.328 e. The number of carbonyl (C=O) groups is 3. The molecule has 24 heavy (non-hydrogen) atoms. The fourth-order valence-electron chi connectivity index (χ4n) is 2.45. The number of aliphatic carboxylic acids is 1. The molecule has 0 spiro atoms. The van der Waals surface area contributed by atoms with E-state index in [0.717, 1.165) is 17.0 Å². The van der Waals surface area contributed by atoms with E-state index in [0.29, 0.717) is 6.07 Å². The number of ether oxygens (including phenoxy) is 1. The van der Waals surface area contributed by atoms with Gasteiger partial charge in [-0.25, -0.2) is 13.6 Å². The Labute approximate surface area is 136 Å². The van der Waals surface area contributed by atoms with Gasteiger partial charge in [-0.1, -0.05) is 0 Å². The van der Waals surface area contributed by atoms with Crippen LogP contribution in [0.5, 0.6) is 0 Å². The second-order valence-electron chi connectivity index (χ2n) is 5.36. The van der Waals surface area contributed by atoms with Crippen LogP contribution in [-0.4, -0.2) is 49.2 Å². The average molecular weight is 342 g/mol. The Kier molecular flexibility index (Phi) is 5.45. The first-order valence-corrected chi connectivity index (χ1v) is 7.11. The number of hydrogen-bond acceptors (Lipinski definition) is 4. The van der Waals surface area contributed by atoms with Crippen LogP contribution in [-0.2, 0) is 19.1 Å². The van der Waals surface area contributed by atoms with Gasteiger partial charge in [0.15, 0.2) is 6.04 Å². The van der Waals surface area contributed by atoms with Crippen molar-refractivity contribution in [1.29, 1.82) is 0 Å². The normalized spacial score (nSPS) is 18.5. The van der Waals surface area contributed by atoms with Crippen molar-refractivity contribution in [3.05, 3.63) is 29.8 Å². The van der Waals surface area contributed by atoms with Crippen molar-refractivity contribution in [1.82, 2.24) is 5.32 Å². The number of methoxy groups -OCH3 is 1. The minimum atomic E-state index is -1.27. The largest absolute Gasteiger partial charge is 0.480 e. The van der Waals surface area contributed by atoms with E-state index >= 15 is 0 Å². The van der Waals surface area contributed by atoms with Crippen molar-refractivity contribution in [2.45, 2.75) is 12.5 Å². The summed E-state index contributed by atoms with van der Waals surface area (Å²) in [5, 5.41) is 11.3. The van der Waals surface area contributed by atoms with Gasteiger partial charge in [-0.3, -0.25) is 9.59 Å². The Morgan fingerprint density at radius 2 is 2.17 bits per heavy atom. The van der Waals surface area contributed by atoms with Gasteiger partial charge >= 0.3 is 5.97 Å². The third-order valence-corrected chi connectivity index (χ3v) is 3.64. The van der Waals surface area contributed by atoms with Crippen LogP contribution in [0.4, 0.5) is 14.5 Å². The molecule has 2 N–H and O–H groups in total. The van der Waals surface area contributed by atoms with Gasteiger partial charge in [0.05, 0.1) is 18.2 Å². The number of halogens is 2. The summed E-state index contributed by atoms with van der Waals surface area (Å²) in [6.45, 7) is -0.343. The van der Waals surface area contributed by atoms with E-state index in [9.17, 15) is 23.2 Å². The molecule has 0 bridgehead atoms. The van der Waals surface area contributed by atoms with E-state index in [1.165, 1.54) is 7.11 Å². The first-order chi connectivity index (χ1) is 11.3. The summed E-state index contributed by atoms with van der Waals surface area (Å²) in [4.78, 5) is 36.2. The zero-order chi connectivity index (χ0) is 17.9. The quantitative estimate of drug-likeness (QED) is 0.786. The van der Waals surface area contributed by atoms with Gasteiger partial charge in [0.1, 0.15) is 11.6 Å². The number of rotatable bonds is 6. The highest BCUT2D eigenvalue weighted by molar-refractivity contribution is 6.00. The van der Waals surface area contributed by atoms with E-state index < -0.39 is 41.4 Å². The molecule has 1 fully saturated rings. The second-order valence-corrected chi connectivity index (χ2v) is 5.36. The second kappa shape index (κ2) is 7.35. The highest BCUT2D eigenvalue weighted by Crippen LogP contribution is 2.28. The summed E-state index contributed by atoms with van der Waals surface area (Å²) in [7, 11) is 1.29. The Balaban J connectivity index is 2.08. The van der Waals surface area contributed by atoms with Gasteiger partial charge in [-0.2, -0.15) is 0 Å². The van der Waals surface area contributed by atoms with Gasteiger partial charge in [-0.05, 0) is 12.1 Å². The van der Waals surface area contributed by atoms with E-state index in [1.54, 1.807) is 0 Å². The average Bonchev–Trinajstić information content (AvgIpc) is 2.88. The molecule has 0 saturated carbocycles. The van der Waals surface area contributed by atoms with Crippen LogP contribution < -0.4 is 10.2 Å². The third-order valence-electron chi connectivity index (χ3n) is 3.64. The van der Waals surface area contributed by atoms with Gasteiger partial charge in [0.2, 0.25) is 11.8 Å². The number of carboxylic acid groups (broad SMARTS) is 1. The molecule has 1 heterocycles. The van der Waals surface area contributed by atoms with Crippen LogP contribution in [0.1, 0.15) is 6.42 Å². The van der Waals surface area contributed by atoms with Gasteiger partial charge < -0.3 is 20.1 Å². The lowest BCUT2D eigenvalue weighted by atomic mass is 10.1. The maximum atomic E-state index is 13.8. The molecule has 1 aliphatic heterocycles. The van der Waals surface area contributed by atoms with Crippen molar-refractivity contribution >= 4 is 23.5 Å². The lowest BCUT2D eigenvalue weighted by Gasteiger charge is -2.18. The third kappa shape index (κ3) is 3.85. The number of nitrogens with zero attached hydrogens (tertiary/aromatic N) is 1. The molecule has 0 aliphatic carbocycles. The standard InChI is InChI=1S/C15H16F2N2O5/c1-24-7-11(15(22)23)18-14(21)8-4-13(20)19(6-8)12-3-2-9(16)5-10(12)17/h2-3,5,8,11H,4,6-7H2,1H3,(H,18,21)(H,22,23). The molecular formula is C15H16F2N2O5. The number of hydrogen-bond donors (Lipinski definition) is 2. The van der Waals surface area contributed by atoms with E-state index in [-0.39, 0.29) is 25.3 Å². The molecular weight excluding hydrogens is 326 g/mol. The molecule has 7 nitrogen and oxygen atoms in total. The Bertz CT molecular complexity index is 667. The van der Waals surface area contributed by atoms with Crippen LogP contribution >= 0.6 is 0 Å². The number of carboxylic acids is 1. The molecule has 130 valence electrons. The molecule has 2 atom stereocenters. The summed E-state index contributed by atoms with van der Waals surface area (Å²) < 4.78 is 31.5. The molecule has 2 unspecified atom stereocenters. The van der Waals surface area contributed by atoms with Crippen molar-refractivity contribution in [2.24, 2.45) is 5.92 Å². The van der Waals surface area contributed by atoms with E-state index in [1.807, 2.05) is 0 Å². The van der Waals surface area contributed by atoms with Gasteiger partial charge in [0, 0.05) is 26.1 Å². The number of carbonyl (C=O) groups excluding carboxylic acids is 2. The Hall–Kier alpha value is -2.55. The lowest BCUT2D eigenvalue weighted by Crippen LogP contribution is -2.46. The summed E-state index contributed by atoms with van der Waals surface area (Å²) in [6, 6.07) is 1.54. The molecule has 0 radical (unpaired) electrons. The van der Waals surface area contributed by atoms with Crippen LogP contribution in [0.15, 0.2) is 18.2 Å². The molecule has 1 aliphatic rings. The van der Waals surface area contributed by atoms with Crippen LogP contribution in [0.3, 0.4) is 0 Å². The summed E-state index contributed by atoms with van der Waals surface area (Å²) in [5.41, 5.74) is -0.122. The maximum absolute atomic E-state index is 13.8. The van der Waals surface area contributed by atoms with Gasteiger partial charge in [-0.15, -0.1) is 0 Å². The smallest absolute Gasteiger partial charge is 0.328 e. The lowest BCUT2D eigenvalue weighted by molar-refractivity contribution is -0.143. The van der Waals surface area contributed by atoms with Crippen LogP contribution in [0.25, 0.3) is 0 Å². The molecule has 1 saturated heterocycles. The zero-order valence-electron chi connectivity index (χ0n) is 12.8. The van der Waals surface area contributed by atoms with Crippen molar-refractivity contribution in [3.8, 4) is 0 Å². The number of nitrogens with one attached hydrogen (secondary N) is 1. The summed E-state index contributed by atoms with van der Waals surface area (Å²) >= 11 is 0. The molecule has 1 aromatic carbocycles. The Morgan fingerprint density at radius 3 is 2.75 bits per heavy atom. The first kappa shape index (κ1) is 17.8. The predicted octanol–water partition coefficient (Wildman–Crippen LogP) is 0.534. The summed E-state index contributed by atoms with van der Waals surface area (Å²) in [6.07, 6.45) is -0.192. The van der Waals surface area contributed by atoms with Crippen molar-refractivity contribution < 1.29 is 33.0 Å². The minimum Gasteiger partial charge on any atom is -0.480 e. The zero-order valence-corrected chi connectivity index (χ0v) is 12.8. The minimum absolute atomic E-state index is 0.119. The monoisotopic (exact) mass is 342 g/mol. The molecule has 2 amide bonds. The van der Waals surface area contributed by atoms with Crippen molar-refractivity contribution in [2.75, 3.05) is 25.2 Å². The highest BCUT2D eigenvalue weighted by atomic mass is 19.1. The van der Waals surface area contributed by atoms with Crippen LogP contribution in [0.2, 0.25) is 0 Å². The highest BCUT2D eigenvalue weighted by Gasteiger charge is 2.37. The van der Waals surface area contributed by atoms with E-state index in [4.69, 9.17) is 9.84 Å². The molecule has 2 rings (SSSR count). The fourth-order valence-corrected chi connectivity index (χ4v) is 2.45.